The Labute approximate surface area is 72.7 Å². The fraction of sp³-hybridized carbons (Fsp3) is 0.100. The van der Waals surface area contributed by atoms with E-state index in [4.69, 9.17) is 0 Å². The predicted octanol–water partition coefficient (Wildman–Crippen LogP) is 1.61. The molecule has 1 heterocycles. The number of hydrogen-bond donors (Lipinski definition) is 0. The highest BCUT2D eigenvalue weighted by atomic mass is 14.6. The number of fused-ring (bicyclic) bond motifs is 1. The van der Waals surface area contributed by atoms with Gasteiger partial charge in [-0.15, -0.1) is 0 Å². The molecule has 2 rings (SSSR count). The van der Waals surface area contributed by atoms with Crippen LogP contribution in [0.1, 0.15) is 0 Å². The first kappa shape index (κ1) is 7.35. The van der Waals surface area contributed by atoms with Crippen molar-refractivity contribution in [3.8, 4) is 0 Å². The Balaban J connectivity index is 2.79. The largest absolute Gasteiger partial charge is 0.271 e. The first-order chi connectivity index (χ1) is 5.92. The SMILES string of the molecule is C[B]c1nccc2ccccc12. The summed E-state index contributed by atoms with van der Waals surface area (Å²) in [6, 6.07) is 10.3. The van der Waals surface area contributed by atoms with Crippen molar-refractivity contribution >= 4 is 23.6 Å². The van der Waals surface area contributed by atoms with E-state index < -0.39 is 0 Å². The van der Waals surface area contributed by atoms with Crippen molar-refractivity contribution < 1.29 is 0 Å². The van der Waals surface area contributed by atoms with E-state index in [1.165, 1.54) is 10.8 Å². The van der Waals surface area contributed by atoms with Gasteiger partial charge < -0.3 is 0 Å². The molecule has 0 atom stereocenters. The maximum absolute atomic E-state index is 4.27. The lowest BCUT2D eigenvalue weighted by molar-refractivity contribution is 1.41. The van der Waals surface area contributed by atoms with Gasteiger partial charge in [0.15, 0.2) is 7.28 Å². The summed E-state index contributed by atoms with van der Waals surface area (Å²) in [5.41, 5.74) is 1.06. The number of aromatic nitrogens is 1. The van der Waals surface area contributed by atoms with E-state index in [-0.39, 0.29) is 0 Å². The van der Waals surface area contributed by atoms with Crippen molar-refractivity contribution in [3.05, 3.63) is 36.5 Å². The molecule has 0 saturated carbocycles. The van der Waals surface area contributed by atoms with E-state index in [2.05, 4.69) is 17.1 Å². The number of nitrogens with zero attached hydrogens (tertiary/aromatic N) is 1. The van der Waals surface area contributed by atoms with Crippen molar-refractivity contribution in [3.63, 3.8) is 0 Å². The van der Waals surface area contributed by atoms with E-state index in [0.717, 1.165) is 5.59 Å². The lowest BCUT2D eigenvalue weighted by atomic mass is 9.75. The monoisotopic (exact) mass is 154 g/mol. The standard InChI is InChI=1S/C10H9BN/c1-11-10-9-5-3-2-4-8(9)6-7-12-10/h2-7H,1H3. The van der Waals surface area contributed by atoms with Crippen LogP contribution < -0.4 is 5.59 Å². The Kier molecular flexibility index (Phi) is 1.82. The van der Waals surface area contributed by atoms with Crippen molar-refractivity contribution in [2.24, 2.45) is 0 Å². The molecule has 0 fully saturated rings. The zero-order valence-corrected chi connectivity index (χ0v) is 6.99. The Bertz CT molecular complexity index is 392. The highest BCUT2D eigenvalue weighted by Gasteiger charge is 1.97. The molecule has 0 aliphatic rings. The Hall–Kier alpha value is -1.31. The third-order valence-corrected chi connectivity index (χ3v) is 1.98. The van der Waals surface area contributed by atoms with Crippen molar-refractivity contribution in [1.82, 2.24) is 4.98 Å². The average molecular weight is 154 g/mol. The molecule has 0 saturated heterocycles. The summed E-state index contributed by atoms with van der Waals surface area (Å²) in [5.74, 6) is 0. The van der Waals surface area contributed by atoms with Crippen LogP contribution in [-0.2, 0) is 0 Å². The molecule has 2 heteroatoms. The van der Waals surface area contributed by atoms with E-state index in [1.807, 2.05) is 38.5 Å². The lowest BCUT2D eigenvalue weighted by Crippen LogP contribution is -2.15. The van der Waals surface area contributed by atoms with Crippen molar-refractivity contribution in [2.45, 2.75) is 6.82 Å². The molecular weight excluding hydrogens is 145 g/mol. The maximum atomic E-state index is 4.27. The smallest absolute Gasteiger partial charge is 0.175 e. The molecule has 2 aromatic rings. The molecule has 0 spiro atoms. The average Bonchev–Trinajstić information content (AvgIpc) is 2.17. The van der Waals surface area contributed by atoms with Gasteiger partial charge in [0.1, 0.15) is 0 Å². The quantitative estimate of drug-likeness (QED) is 0.568. The topological polar surface area (TPSA) is 12.9 Å². The molecular formula is C10H9BN. The summed E-state index contributed by atoms with van der Waals surface area (Å²) in [4.78, 5) is 4.27. The maximum Gasteiger partial charge on any atom is 0.175 e. The molecule has 1 aromatic heterocycles. The second-order valence-corrected chi connectivity index (χ2v) is 2.71. The second kappa shape index (κ2) is 2.98. The van der Waals surface area contributed by atoms with E-state index in [0.29, 0.717) is 0 Å². The third-order valence-electron chi connectivity index (χ3n) is 1.98. The molecule has 0 aliphatic heterocycles. The lowest BCUT2D eigenvalue weighted by Gasteiger charge is -2.00. The number of pyridine rings is 1. The molecule has 0 aliphatic carbocycles. The van der Waals surface area contributed by atoms with Crippen molar-refractivity contribution in [2.75, 3.05) is 0 Å². The fourth-order valence-corrected chi connectivity index (χ4v) is 1.37. The van der Waals surface area contributed by atoms with Crippen molar-refractivity contribution in [1.29, 1.82) is 0 Å². The van der Waals surface area contributed by atoms with Crippen LogP contribution in [0.15, 0.2) is 36.5 Å². The van der Waals surface area contributed by atoms with Gasteiger partial charge in [-0.2, -0.15) is 0 Å². The zero-order valence-electron chi connectivity index (χ0n) is 6.99. The first-order valence-corrected chi connectivity index (χ1v) is 4.05. The van der Waals surface area contributed by atoms with Crippen LogP contribution >= 0.6 is 0 Å². The number of hydrogen-bond acceptors (Lipinski definition) is 1. The highest BCUT2D eigenvalue weighted by Crippen LogP contribution is 2.08. The van der Waals surface area contributed by atoms with Crippen LogP contribution in [0.5, 0.6) is 0 Å². The van der Waals surface area contributed by atoms with E-state index >= 15 is 0 Å². The summed E-state index contributed by atoms with van der Waals surface area (Å²) in [5, 5.41) is 2.48. The molecule has 0 amide bonds. The minimum atomic E-state index is 1.06. The van der Waals surface area contributed by atoms with Crippen LogP contribution in [0.25, 0.3) is 10.8 Å². The van der Waals surface area contributed by atoms with Crippen LogP contribution in [0, 0.1) is 0 Å². The predicted molar refractivity (Wildman–Crippen MR) is 53.0 cm³/mol. The summed E-state index contributed by atoms with van der Waals surface area (Å²) < 4.78 is 0. The zero-order chi connectivity index (χ0) is 8.39. The molecule has 1 radical (unpaired) electrons. The van der Waals surface area contributed by atoms with Crippen LogP contribution in [-0.4, -0.2) is 12.3 Å². The minimum Gasteiger partial charge on any atom is -0.271 e. The molecule has 57 valence electrons. The van der Waals surface area contributed by atoms with Gasteiger partial charge >= 0.3 is 0 Å². The van der Waals surface area contributed by atoms with Gasteiger partial charge in [0.25, 0.3) is 0 Å². The number of benzene rings is 1. The Morgan fingerprint density at radius 2 is 2.00 bits per heavy atom. The van der Waals surface area contributed by atoms with Gasteiger partial charge in [-0.05, 0) is 16.8 Å². The third kappa shape index (κ3) is 1.09. The molecule has 1 aromatic carbocycles. The molecule has 0 N–H and O–H groups in total. The van der Waals surface area contributed by atoms with Gasteiger partial charge in [-0.3, -0.25) is 4.98 Å². The normalized spacial score (nSPS) is 10.1. The van der Waals surface area contributed by atoms with Crippen LogP contribution in [0.3, 0.4) is 0 Å². The number of rotatable bonds is 1. The highest BCUT2D eigenvalue weighted by molar-refractivity contribution is 6.54. The summed E-state index contributed by atoms with van der Waals surface area (Å²) in [6.45, 7) is 2.01. The summed E-state index contributed by atoms with van der Waals surface area (Å²) in [6.07, 6.45) is 1.84. The Morgan fingerprint density at radius 3 is 2.83 bits per heavy atom. The van der Waals surface area contributed by atoms with Gasteiger partial charge in [-0.25, -0.2) is 0 Å². The summed E-state index contributed by atoms with van der Waals surface area (Å²) >= 11 is 0. The Morgan fingerprint density at radius 1 is 1.17 bits per heavy atom. The van der Waals surface area contributed by atoms with E-state index in [9.17, 15) is 0 Å². The fourth-order valence-electron chi connectivity index (χ4n) is 1.37. The van der Waals surface area contributed by atoms with Crippen LogP contribution in [0.2, 0.25) is 6.82 Å². The molecule has 1 nitrogen and oxygen atoms in total. The first-order valence-electron chi connectivity index (χ1n) is 4.05. The molecule has 0 bridgehead atoms. The molecule has 0 unspecified atom stereocenters. The van der Waals surface area contributed by atoms with E-state index in [1.54, 1.807) is 0 Å². The van der Waals surface area contributed by atoms with Gasteiger partial charge in [0, 0.05) is 11.8 Å². The minimum absolute atomic E-state index is 1.06. The summed E-state index contributed by atoms with van der Waals surface area (Å²) in [7, 11) is 2.03. The molecule has 12 heavy (non-hydrogen) atoms. The van der Waals surface area contributed by atoms with Crippen LogP contribution in [0.4, 0.5) is 0 Å². The van der Waals surface area contributed by atoms with Gasteiger partial charge in [0.05, 0.1) is 0 Å². The second-order valence-electron chi connectivity index (χ2n) is 2.71. The van der Waals surface area contributed by atoms with Gasteiger partial charge in [-0.1, -0.05) is 31.1 Å². The van der Waals surface area contributed by atoms with Gasteiger partial charge in [0.2, 0.25) is 0 Å².